The summed E-state index contributed by atoms with van der Waals surface area (Å²) in [5, 5.41) is 0. The molecule has 0 N–H and O–H groups in total. The van der Waals surface area contributed by atoms with Crippen molar-refractivity contribution >= 4 is 8.80 Å². The molecule has 0 aromatic carbocycles. The second-order valence-electron chi connectivity index (χ2n) is 8.53. The van der Waals surface area contributed by atoms with Gasteiger partial charge in [-0.1, -0.05) is 78.1 Å². The number of halogens is 1. The summed E-state index contributed by atoms with van der Waals surface area (Å²) in [5.41, 5.74) is 0.283. The highest BCUT2D eigenvalue weighted by molar-refractivity contribution is 6.62. The molecule has 0 radical (unpaired) electrons. The van der Waals surface area contributed by atoms with Crippen molar-refractivity contribution < 1.29 is 34.7 Å². The molecule has 0 rings (SSSR count). The van der Waals surface area contributed by atoms with Gasteiger partial charge in [0.1, 0.15) is 0 Å². The molecule has 1 unspecified atom stereocenters. The monoisotopic (exact) mass is 483 g/mol. The van der Waals surface area contributed by atoms with Gasteiger partial charge in [0.2, 0.25) is 0 Å². The predicted molar refractivity (Wildman–Crippen MR) is 119 cm³/mol. The topological polar surface area (TPSA) is 27.7 Å². The second-order valence-corrected chi connectivity index (χ2v) is 11.6. The van der Waals surface area contributed by atoms with Crippen LogP contribution in [0.4, 0.5) is 0 Å². The molecule has 6 heteroatoms. The molecular formula is C22H50BrNO3Si. The average Bonchev–Trinajstić information content (AvgIpc) is 2.66. The third-order valence-corrected chi connectivity index (χ3v) is 9.71. The summed E-state index contributed by atoms with van der Waals surface area (Å²) in [4.78, 5) is 0. The summed E-state index contributed by atoms with van der Waals surface area (Å²) in [6.07, 6.45) is 17.7. The van der Waals surface area contributed by atoms with Gasteiger partial charge in [0, 0.05) is 27.8 Å². The van der Waals surface area contributed by atoms with Gasteiger partial charge in [-0.25, -0.2) is 0 Å². The van der Waals surface area contributed by atoms with Gasteiger partial charge in [0.15, 0.2) is 5.67 Å². The van der Waals surface area contributed by atoms with Gasteiger partial charge in [-0.15, -0.1) is 0 Å². The molecule has 0 bridgehead atoms. The standard InChI is InChI=1S/C22H50NO3Si.BrH/c1-8-10-11-12-13-14-15-16-17-18-19-20-21-23(3,4)22(9-2)27(24-5,25-6)26-7;/h22H,8-21H2,1-7H3;1H/q+1;/p-1. The fourth-order valence-corrected chi connectivity index (χ4v) is 7.15. The first-order valence-corrected chi connectivity index (χ1v) is 13.2. The fraction of sp³-hybridized carbons (Fsp3) is 1.00. The lowest BCUT2D eigenvalue weighted by Gasteiger charge is -2.43. The Morgan fingerprint density at radius 2 is 1.00 bits per heavy atom. The number of nitrogens with zero attached hydrogens (tertiary/aromatic N) is 1. The molecule has 0 aromatic rings. The van der Waals surface area contributed by atoms with Crippen molar-refractivity contribution in [3.63, 3.8) is 0 Å². The number of hydrogen-bond acceptors (Lipinski definition) is 3. The first kappa shape index (κ1) is 30.7. The highest BCUT2D eigenvalue weighted by Crippen LogP contribution is 2.25. The van der Waals surface area contributed by atoms with Crippen molar-refractivity contribution in [1.82, 2.24) is 0 Å². The van der Waals surface area contributed by atoms with Crippen LogP contribution in [-0.4, -0.2) is 60.9 Å². The van der Waals surface area contributed by atoms with E-state index in [9.17, 15) is 0 Å². The Morgan fingerprint density at radius 1 is 0.643 bits per heavy atom. The van der Waals surface area contributed by atoms with Crippen molar-refractivity contribution in [3.05, 3.63) is 0 Å². The first-order valence-electron chi connectivity index (χ1n) is 11.4. The zero-order valence-electron chi connectivity index (χ0n) is 20.0. The van der Waals surface area contributed by atoms with E-state index in [1.807, 2.05) is 0 Å². The number of unbranched alkanes of at least 4 members (excludes halogenated alkanes) is 11. The molecule has 172 valence electrons. The summed E-state index contributed by atoms with van der Waals surface area (Å²) in [6.45, 7) is 5.65. The molecule has 0 heterocycles. The van der Waals surface area contributed by atoms with Crippen LogP contribution in [0.25, 0.3) is 0 Å². The molecule has 0 fully saturated rings. The van der Waals surface area contributed by atoms with E-state index in [0.29, 0.717) is 0 Å². The van der Waals surface area contributed by atoms with Gasteiger partial charge in [-0.3, -0.25) is 0 Å². The minimum Gasteiger partial charge on any atom is -1.00 e. The number of hydrogen-bond donors (Lipinski definition) is 0. The van der Waals surface area contributed by atoms with Crippen molar-refractivity contribution in [2.75, 3.05) is 42.0 Å². The summed E-state index contributed by atoms with van der Waals surface area (Å²) < 4.78 is 18.2. The van der Waals surface area contributed by atoms with Crippen LogP contribution in [0, 0.1) is 0 Å². The summed E-state index contributed by atoms with van der Waals surface area (Å²) in [5.74, 6) is 0. The SMILES string of the molecule is CCCCCCCCCCCCCC[N+](C)(C)C(CC)[Si](OC)(OC)OC.[Br-]. The summed E-state index contributed by atoms with van der Waals surface area (Å²) in [6, 6.07) is 0. The smallest absolute Gasteiger partial charge is 0.561 e. The van der Waals surface area contributed by atoms with E-state index in [1.54, 1.807) is 21.3 Å². The number of quaternary nitrogens is 1. The minimum absolute atomic E-state index is 0. The van der Waals surface area contributed by atoms with Crippen molar-refractivity contribution in [2.45, 2.75) is 103 Å². The van der Waals surface area contributed by atoms with Gasteiger partial charge in [-0.2, -0.15) is 0 Å². The normalized spacial score (nSPS) is 13.4. The maximum absolute atomic E-state index is 5.77. The average molecular weight is 485 g/mol. The van der Waals surface area contributed by atoms with E-state index in [4.69, 9.17) is 13.3 Å². The van der Waals surface area contributed by atoms with E-state index in [-0.39, 0.29) is 22.6 Å². The zero-order valence-corrected chi connectivity index (χ0v) is 22.6. The lowest BCUT2D eigenvalue weighted by molar-refractivity contribution is -0.906. The molecule has 0 amide bonds. The van der Waals surface area contributed by atoms with Crippen LogP contribution < -0.4 is 17.0 Å². The Bertz CT molecular complexity index is 333. The van der Waals surface area contributed by atoms with Crippen LogP contribution in [0.5, 0.6) is 0 Å². The third-order valence-electron chi connectivity index (χ3n) is 6.08. The van der Waals surface area contributed by atoms with Crippen LogP contribution >= 0.6 is 0 Å². The second kappa shape index (κ2) is 18.3. The van der Waals surface area contributed by atoms with Gasteiger partial charge < -0.3 is 34.7 Å². The molecule has 0 aromatic heterocycles. The van der Waals surface area contributed by atoms with Gasteiger partial charge in [0.05, 0.1) is 20.6 Å². The van der Waals surface area contributed by atoms with Gasteiger partial charge in [0.25, 0.3) is 0 Å². The summed E-state index contributed by atoms with van der Waals surface area (Å²) >= 11 is 0. The van der Waals surface area contributed by atoms with Crippen molar-refractivity contribution in [3.8, 4) is 0 Å². The lowest BCUT2D eigenvalue weighted by Crippen LogP contribution is -3.00. The Balaban J connectivity index is 0. The van der Waals surface area contributed by atoms with E-state index < -0.39 is 8.80 Å². The Labute approximate surface area is 188 Å². The molecule has 0 aliphatic heterocycles. The third kappa shape index (κ3) is 11.7. The zero-order chi connectivity index (χ0) is 20.6. The minimum atomic E-state index is -2.61. The highest BCUT2D eigenvalue weighted by atomic mass is 79.9. The molecule has 1 atom stereocenters. The molecule has 28 heavy (non-hydrogen) atoms. The quantitative estimate of drug-likeness (QED) is 0.160. The Morgan fingerprint density at radius 3 is 1.32 bits per heavy atom. The van der Waals surface area contributed by atoms with Crippen LogP contribution in [-0.2, 0) is 13.3 Å². The molecule has 0 aliphatic rings. The van der Waals surface area contributed by atoms with Crippen LogP contribution in [0.2, 0.25) is 0 Å². The van der Waals surface area contributed by atoms with E-state index in [1.165, 1.54) is 77.0 Å². The Hall–Kier alpha value is 0.537. The van der Waals surface area contributed by atoms with Crippen molar-refractivity contribution in [2.24, 2.45) is 0 Å². The first-order chi connectivity index (χ1) is 12.9. The van der Waals surface area contributed by atoms with Crippen LogP contribution in [0.1, 0.15) is 97.3 Å². The molecule has 0 saturated heterocycles. The lowest BCUT2D eigenvalue weighted by atomic mass is 10.1. The molecule has 0 aliphatic carbocycles. The van der Waals surface area contributed by atoms with E-state index in [0.717, 1.165) is 17.4 Å². The van der Waals surface area contributed by atoms with Gasteiger partial charge >= 0.3 is 8.80 Å². The van der Waals surface area contributed by atoms with E-state index in [2.05, 4.69) is 27.9 Å². The van der Waals surface area contributed by atoms with Crippen molar-refractivity contribution in [1.29, 1.82) is 0 Å². The molecule has 4 nitrogen and oxygen atoms in total. The highest BCUT2D eigenvalue weighted by Gasteiger charge is 2.55. The van der Waals surface area contributed by atoms with Crippen LogP contribution in [0.15, 0.2) is 0 Å². The predicted octanol–water partition coefficient (Wildman–Crippen LogP) is 2.96. The molecule has 0 saturated carbocycles. The number of rotatable bonds is 19. The Kier molecular flexibility index (Phi) is 20.1. The molecule has 0 spiro atoms. The van der Waals surface area contributed by atoms with Crippen LogP contribution in [0.3, 0.4) is 0 Å². The maximum Gasteiger partial charge on any atom is 0.561 e. The fourth-order valence-electron chi connectivity index (χ4n) is 4.35. The summed E-state index contributed by atoms with van der Waals surface area (Å²) in [7, 11) is 7.17. The maximum atomic E-state index is 5.77. The van der Waals surface area contributed by atoms with Gasteiger partial charge in [-0.05, 0) is 12.8 Å². The molecular weight excluding hydrogens is 434 g/mol. The van der Waals surface area contributed by atoms with E-state index >= 15 is 0 Å². The largest absolute Gasteiger partial charge is 1.00 e.